The lowest BCUT2D eigenvalue weighted by Gasteiger charge is -2.32. The van der Waals surface area contributed by atoms with Gasteiger partial charge in [0.05, 0.1) is 0 Å². The van der Waals surface area contributed by atoms with Gasteiger partial charge in [-0.15, -0.1) is 92.8 Å². The SMILES string of the molecule is ClC1(Cl)C[C@@]1(c1ccccc1)[C@@]1(c2ccccc2)CC1(Cl)Cl.ClC1(Cl)C[C@@]1(c1ccccc1)[C@@]1(c2ccccc2)CC1(Cl)Cl. The van der Waals surface area contributed by atoms with Crippen molar-refractivity contribution in [3.8, 4) is 0 Å². The number of halogens is 8. The van der Waals surface area contributed by atoms with Gasteiger partial charge in [-0.1, -0.05) is 121 Å². The molecule has 4 fully saturated rings. The summed E-state index contributed by atoms with van der Waals surface area (Å²) in [5, 5.41) is 0. The second kappa shape index (κ2) is 10.3. The Morgan fingerprint density at radius 1 is 0.273 bits per heavy atom. The van der Waals surface area contributed by atoms with Crippen LogP contribution in [0.4, 0.5) is 0 Å². The molecule has 8 heteroatoms. The molecule has 44 heavy (non-hydrogen) atoms. The van der Waals surface area contributed by atoms with Crippen LogP contribution in [0.5, 0.6) is 0 Å². The molecule has 0 N–H and O–H groups in total. The Morgan fingerprint density at radius 3 is 0.523 bits per heavy atom. The topological polar surface area (TPSA) is 0 Å². The summed E-state index contributed by atoms with van der Waals surface area (Å²) >= 11 is 53.2. The van der Waals surface area contributed by atoms with Crippen molar-refractivity contribution in [2.75, 3.05) is 0 Å². The summed E-state index contributed by atoms with van der Waals surface area (Å²) in [5.41, 5.74) is 2.62. The summed E-state index contributed by atoms with van der Waals surface area (Å²) < 4.78 is -3.41. The third-order valence-electron chi connectivity index (χ3n) is 10.5. The van der Waals surface area contributed by atoms with Crippen molar-refractivity contribution in [2.45, 2.75) is 64.7 Å². The van der Waals surface area contributed by atoms with Crippen LogP contribution in [0, 0.1) is 0 Å². The van der Waals surface area contributed by atoms with Gasteiger partial charge in [0, 0.05) is 21.7 Å². The molecule has 4 aliphatic rings. The van der Waals surface area contributed by atoms with E-state index in [0.717, 1.165) is 22.3 Å². The van der Waals surface area contributed by atoms with Crippen LogP contribution in [0.25, 0.3) is 0 Å². The molecule has 0 nitrogen and oxygen atoms in total. The average molecular weight is 744 g/mol. The van der Waals surface area contributed by atoms with E-state index in [0.29, 0.717) is 25.7 Å². The predicted octanol–water partition coefficient (Wildman–Crippen LogP) is 12.0. The van der Waals surface area contributed by atoms with Crippen LogP contribution in [0.15, 0.2) is 121 Å². The van der Waals surface area contributed by atoms with E-state index < -0.39 is 39.0 Å². The molecule has 0 bridgehead atoms. The first-order valence-electron chi connectivity index (χ1n) is 14.5. The van der Waals surface area contributed by atoms with Gasteiger partial charge in [-0.25, -0.2) is 0 Å². The van der Waals surface area contributed by atoms with Crippen molar-refractivity contribution < 1.29 is 0 Å². The highest BCUT2D eigenvalue weighted by Gasteiger charge is 2.89. The van der Waals surface area contributed by atoms with Crippen LogP contribution >= 0.6 is 92.8 Å². The van der Waals surface area contributed by atoms with Gasteiger partial charge in [0.2, 0.25) is 0 Å². The van der Waals surface area contributed by atoms with E-state index in [1.807, 2.05) is 72.8 Å². The smallest absolute Gasteiger partial charge is 0.101 e. The molecule has 0 aliphatic heterocycles. The molecule has 0 unspecified atom stereocenters. The minimum absolute atomic E-state index is 0.449. The van der Waals surface area contributed by atoms with Crippen molar-refractivity contribution in [1.29, 1.82) is 0 Å². The zero-order valence-corrected chi connectivity index (χ0v) is 29.4. The van der Waals surface area contributed by atoms with E-state index >= 15 is 0 Å². The Bertz CT molecular complexity index is 1420. The third-order valence-corrected chi connectivity index (χ3v) is 14.1. The molecule has 8 rings (SSSR count). The molecule has 0 heterocycles. The highest BCUT2D eigenvalue weighted by molar-refractivity contribution is 6.56. The Kier molecular flexibility index (Phi) is 7.47. The van der Waals surface area contributed by atoms with Crippen molar-refractivity contribution >= 4 is 92.8 Å². The fourth-order valence-electron chi connectivity index (χ4n) is 8.14. The zero-order valence-electron chi connectivity index (χ0n) is 23.4. The fraction of sp³-hybridized carbons (Fsp3) is 0.333. The fourth-order valence-corrected chi connectivity index (χ4v) is 11.9. The molecule has 228 valence electrons. The second-order valence-electron chi connectivity index (χ2n) is 12.6. The van der Waals surface area contributed by atoms with Gasteiger partial charge >= 0.3 is 0 Å². The molecule has 4 aliphatic carbocycles. The predicted molar refractivity (Wildman–Crippen MR) is 189 cm³/mol. The standard InChI is InChI=1S/2C18H14Cl4/c2*19-17(20)11-15(17,13-7-3-1-4-8-13)16(12-18(16,21)22)14-9-5-2-6-10-14/h2*1-10H,11-12H2/t2*15-,16+. The Balaban J connectivity index is 0.000000142. The van der Waals surface area contributed by atoms with Gasteiger partial charge < -0.3 is 0 Å². The molecular weight excluding hydrogens is 716 g/mol. The molecule has 4 aromatic carbocycles. The molecule has 0 spiro atoms. The zero-order chi connectivity index (χ0) is 31.3. The van der Waals surface area contributed by atoms with E-state index in [1.54, 1.807) is 0 Å². The maximum Gasteiger partial charge on any atom is 0.130 e. The van der Waals surface area contributed by atoms with Gasteiger partial charge in [0.25, 0.3) is 0 Å². The number of benzene rings is 4. The summed E-state index contributed by atoms with van der Waals surface area (Å²) in [6.07, 6.45) is 2.62. The molecule has 4 aromatic rings. The first-order valence-corrected chi connectivity index (χ1v) is 17.5. The quantitative estimate of drug-likeness (QED) is 0.173. The van der Waals surface area contributed by atoms with Crippen molar-refractivity contribution in [2.24, 2.45) is 0 Å². The largest absolute Gasteiger partial charge is 0.130 e. The van der Waals surface area contributed by atoms with E-state index in [2.05, 4.69) is 48.5 Å². The number of hydrogen-bond donors (Lipinski definition) is 0. The lowest BCUT2D eigenvalue weighted by molar-refractivity contribution is 0.495. The molecule has 0 radical (unpaired) electrons. The van der Waals surface area contributed by atoms with Gasteiger partial charge in [-0.05, 0) is 47.9 Å². The van der Waals surface area contributed by atoms with Gasteiger partial charge in [0.1, 0.15) is 17.3 Å². The number of alkyl halides is 8. The summed E-state index contributed by atoms with van der Waals surface area (Å²) in [6.45, 7) is 0. The van der Waals surface area contributed by atoms with Crippen LogP contribution < -0.4 is 0 Å². The van der Waals surface area contributed by atoms with Crippen molar-refractivity contribution in [3.05, 3.63) is 144 Å². The van der Waals surface area contributed by atoms with Crippen LogP contribution in [-0.4, -0.2) is 17.3 Å². The van der Waals surface area contributed by atoms with Crippen LogP contribution in [0.2, 0.25) is 0 Å². The first kappa shape index (κ1) is 31.8. The van der Waals surface area contributed by atoms with Gasteiger partial charge in [-0.3, -0.25) is 0 Å². The van der Waals surface area contributed by atoms with E-state index in [1.165, 1.54) is 0 Å². The Hall–Kier alpha value is -0.800. The summed E-state index contributed by atoms with van der Waals surface area (Å²) in [6, 6.07) is 40.5. The molecule has 0 saturated heterocycles. The molecule has 0 aromatic heterocycles. The third kappa shape index (κ3) is 4.25. The monoisotopic (exact) mass is 740 g/mol. The maximum absolute atomic E-state index is 6.65. The minimum atomic E-state index is -0.851. The summed E-state index contributed by atoms with van der Waals surface area (Å²) in [7, 11) is 0. The number of hydrogen-bond acceptors (Lipinski definition) is 0. The maximum atomic E-state index is 6.65. The molecule has 4 saturated carbocycles. The Labute approximate surface area is 298 Å². The normalized spacial score (nSPS) is 34.2. The highest BCUT2D eigenvalue weighted by atomic mass is 35.5. The average Bonchev–Trinajstić information content (AvgIpc) is 3.97. The van der Waals surface area contributed by atoms with Gasteiger partial charge in [0.15, 0.2) is 0 Å². The van der Waals surface area contributed by atoms with E-state index in [9.17, 15) is 0 Å². The van der Waals surface area contributed by atoms with Crippen molar-refractivity contribution in [1.82, 2.24) is 0 Å². The van der Waals surface area contributed by atoms with Crippen LogP contribution in [-0.2, 0) is 21.7 Å². The minimum Gasteiger partial charge on any atom is -0.101 e. The molecule has 4 atom stereocenters. The van der Waals surface area contributed by atoms with E-state index in [4.69, 9.17) is 92.8 Å². The highest BCUT2D eigenvalue weighted by Crippen LogP contribution is 2.85. The molecular formula is C36H28Cl8. The van der Waals surface area contributed by atoms with Crippen LogP contribution in [0.1, 0.15) is 47.9 Å². The second-order valence-corrected chi connectivity index (χ2v) is 18.5. The number of rotatable bonds is 6. The van der Waals surface area contributed by atoms with E-state index in [-0.39, 0.29) is 0 Å². The lowest BCUT2D eigenvalue weighted by atomic mass is 9.75. The van der Waals surface area contributed by atoms with Crippen LogP contribution in [0.3, 0.4) is 0 Å². The summed E-state index contributed by atoms with van der Waals surface area (Å²) in [5.74, 6) is 0. The summed E-state index contributed by atoms with van der Waals surface area (Å²) in [4.78, 5) is 0. The Morgan fingerprint density at radius 2 is 0.409 bits per heavy atom. The van der Waals surface area contributed by atoms with Crippen molar-refractivity contribution in [3.63, 3.8) is 0 Å². The first-order chi connectivity index (χ1) is 20.7. The van der Waals surface area contributed by atoms with Gasteiger partial charge in [-0.2, -0.15) is 0 Å². The molecule has 0 amide bonds. The lowest BCUT2D eigenvalue weighted by Crippen LogP contribution is -2.36.